The first-order chi connectivity index (χ1) is 11.3. The van der Waals surface area contributed by atoms with E-state index in [1.54, 1.807) is 0 Å². The Labute approximate surface area is 146 Å². The van der Waals surface area contributed by atoms with Crippen LogP contribution in [0.1, 0.15) is 77.6 Å². The summed E-state index contributed by atoms with van der Waals surface area (Å²) in [4.78, 5) is 19.6. The molecule has 0 spiro atoms. The lowest BCUT2D eigenvalue weighted by atomic mass is 9.72. The molecule has 0 heterocycles. The van der Waals surface area contributed by atoms with Crippen LogP contribution in [0.3, 0.4) is 0 Å². The molecular formula is C18H36N2O4. The third-order valence-corrected chi connectivity index (χ3v) is 4.93. The largest absolute Gasteiger partial charge is 0.481 e. The topological polar surface area (TPSA) is 127 Å². The quantitative estimate of drug-likeness (QED) is 0.621. The van der Waals surface area contributed by atoms with E-state index in [0.717, 1.165) is 45.1 Å². The normalized spacial score (nSPS) is 20.0. The Bertz CT molecular complexity index is 345. The molecule has 0 bridgehead atoms. The van der Waals surface area contributed by atoms with Crippen LogP contribution in [0.15, 0.2) is 0 Å². The maximum Gasteiger partial charge on any atom is 0.303 e. The average molecular weight is 344 g/mol. The standard InChI is InChI=1S/C9H17NO2.C7H15N.C2H4O2/c10-7-9(6-8(11)12)4-2-1-3-5-9;8-6-7-4-2-1-3-5-7;1-2(3)4/h1-7,10H2,(H,11,12);7H,1-6,8H2;1H3,(H,3,4). The minimum Gasteiger partial charge on any atom is -0.481 e. The summed E-state index contributed by atoms with van der Waals surface area (Å²) in [5.41, 5.74) is 11.0. The SMILES string of the molecule is CC(=O)O.NCC1(CC(=O)O)CCCCC1.NCC1CCCCC1. The van der Waals surface area contributed by atoms with Crippen molar-refractivity contribution in [3.8, 4) is 0 Å². The zero-order valence-corrected chi connectivity index (χ0v) is 15.1. The third kappa shape index (κ3) is 11.4. The Morgan fingerprint density at radius 3 is 1.75 bits per heavy atom. The minimum absolute atomic E-state index is 0.0793. The second kappa shape index (κ2) is 13.2. The minimum atomic E-state index is -0.833. The first-order valence-corrected chi connectivity index (χ1v) is 9.16. The predicted molar refractivity (Wildman–Crippen MR) is 95.8 cm³/mol. The Morgan fingerprint density at radius 2 is 1.42 bits per heavy atom. The highest BCUT2D eigenvalue weighted by molar-refractivity contribution is 5.67. The average Bonchev–Trinajstić information content (AvgIpc) is 2.56. The van der Waals surface area contributed by atoms with Gasteiger partial charge in [0.1, 0.15) is 0 Å². The molecule has 2 fully saturated rings. The molecule has 0 atom stereocenters. The van der Waals surface area contributed by atoms with E-state index in [1.807, 2.05) is 0 Å². The molecule has 0 aromatic carbocycles. The van der Waals surface area contributed by atoms with Crippen molar-refractivity contribution in [2.45, 2.75) is 77.6 Å². The van der Waals surface area contributed by atoms with Gasteiger partial charge in [0.05, 0.1) is 6.42 Å². The van der Waals surface area contributed by atoms with Gasteiger partial charge in [-0.25, -0.2) is 0 Å². The van der Waals surface area contributed by atoms with Gasteiger partial charge in [0.2, 0.25) is 0 Å². The zero-order chi connectivity index (χ0) is 18.4. The fourth-order valence-corrected chi connectivity index (χ4v) is 3.50. The highest BCUT2D eigenvalue weighted by Gasteiger charge is 2.32. The summed E-state index contributed by atoms with van der Waals surface area (Å²) in [6, 6.07) is 0. The van der Waals surface area contributed by atoms with Crippen LogP contribution in [0.2, 0.25) is 0 Å². The maximum absolute atomic E-state index is 10.6. The van der Waals surface area contributed by atoms with Crippen LogP contribution in [0.5, 0.6) is 0 Å². The number of rotatable bonds is 4. The molecule has 0 amide bonds. The Morgan fingerprint density at radius 1 is 0.958 bits per heavy atom. The van der Waals surface area contributed by atoms with Crippen LogP contribution in [-0.4, -0.2) is 35.2 Å². The molecule has 0 aromatic heterocycles. The number of nitrogens with two attached hydrogens (primary N) is 2. The second-order valence-corrected chi connectivity index (χ2v) is 7.09. The van der Waals surface area contributed by atoms with Crippen molar-refractivity contribution in [1.82, 2.24) is 0 Å². The molecule has 2 aliphatic carbocycles. The molecule has 2 aliphatic rings. The van der Waals surface area contributed by atoms with Crippen LogP contribution >= 0.6 is 0 Å². The van der Waals surface area contributed by atoms with E-state index in [-0.39, 0.29) is 11.8 Å². The molecule has 0 saturated heterocycles. The van der Waals surface area contributed by atoms with Crippen LogP contribution in [0, 0.1) is 11.3 Å². The van der Waals surface area contributed by atoms with Crippen LogP contribution in [0.25, 0.3) is 0 Å². The Balaban J connectivity index is 0.000000379. The van der Waals surface area contributed by atoms with Crippen molar-refractivity contribution < 1.29 is 19.8 Å². The van der Waals surface area contributed by atoms with E-state index in [1.165, 1.54) is 38.5 Å². The van der Waals surface area contributed by atoms with E-state index < -0.39 is 11.9 Å². The van der Waals surface area contributed by atoms with E-state index in [2.05, 4.69) is 0 Å². The highest BCUT2D eigenvalue weighted by Crippen LogP contribution is 2.38. The van der Waals surface area contributed by atoms with Crippen molar-refractivity contribution >= 4 is 11.9 Å². The number of carboxylic acids is 2. The molecule has 0 aliphatic heterocycles. The van der Waals surface area contributed by atoms with Crippen molar-refractivity contribution in [3.63, 3.8) is 0 Å². The predicted octanol–water partition coefficient (Wildman–Crippen LogP) is 2.99. The van der Waals surface area contributed by atoms with Gasteiger partial charge in [0.25, 0.3) is 5.97 Å². The smallest absolute Gasteiger partial charge is 0.303 e. The van der Waals surface area contributed by atoms with Crippen molar-refractivity contribution in [3.05, 3.63) is 0 Å². The lowest BCUT2D eigenvalue weighted by Crippen LogP contribution is -2.34. The van der Waals surface area contributed by atoms with Crippen molar-refractivity contribution in [2.75, 3.05) is 13.1 Å². The first kappa shape index (κ1) is 22.9. The summed E-state index contributed by atoms with van der Waals surface area (Å²) >= 11 is 0. The molecule has 24 heavy (non-hydrogen) atoms. The number of hydrogen-bond donors (Lipinski definition) is 4. The maximum atomic E-state index is 10.6. The molecule has 0 radical (unpaired) electrons. The van der Waals surface area contributed by atoms with E-state index in [0.29, 0.717) is 6.54 Å². The van der Waals surface area contributed by atoms with Crippen molar-refractivity contribution in [2.24, 2.45) is 22.8 Å². The van der Waals surface area contributed by atoms with Gasteiger partial charge in [-0.3, -0.25) is 9.59 Å². The fourth-order valence-electron chi connectivity index (χ4n) is 3.50. The molecule has 142 valence electrons. The number of aliphatic carboxylic acids is 2. The lowest BCUT2D eigenvalue weighted by molar-refractivity contribution is -0.140. The van der Waals surface area contributed by atoms with E-state index in [4.69, 9.17) is 26.5 Å². The molecule has 0 unspecified atom stereocenters. The third-order valence-electron chi connectivity index (χ3n) is 4.93. The molecule has 6 heteroatoms. The summed E-state index contributed by atoms with van der Waals surface area (Å²) in [7, 11) is 0. The molecule has 6 nitrogen and oxygen atoms in total. The molecule has 2 rings (SSSR count). The van der Waals surface area contributed by atoms with Gasteiger partial charge in [-0.15, -0.1) is 0 Å². The summed E-state index contributed by atoms with van der Waals surface area (Å²) in [6.45, 7) is 2.53. The number of carbonyl (C=O) groups is 2. The number of carboxylic acid groups (broad SMARTS) is 2. The number of hydrogen-bond acceptors (Lipinski definition) is 4. The van der Waals surface area contributed by atoms with Crippen LogP contribution in [0.4, 0.5) is 0 Å². The lowest BCUT2D eigenvalue weighted by Gasteiger charge is -2.34. The van der Waals surface area contributed by atoms with Gasteiger partial charge in [0, 0.05) is 6.92 Å². The van der Waals surface area contributed by atoms with Gasteiger partial charge >= 0.3 is 5.97 Å². The van der Waals surface area contributed by atoms with E-state index in [9.17, 15) is 4.79 Å². The summed E-state index contributed by atoms with van der Waals surface area (Å²) in [6.07, 6.45) is 12.8. The molecule has 0 aromatic rings. The summed E-state index contributed by atoms with van der Waals surface area (Å²) in [5.74, 6) is -0.675. The summed E-state index contributed by atoms with van der Waals surface area (Å²) in [5, 5.41) is 16.1. The van der Waals surface area contributed by atoms with Gasteiger partial charge < -0.3 is 21.7 Å². The second-order valence-electron chi connectivity index (χ2n) is 7.09. The van der Waals surface area contributed by atoms with Gasteiger partial charge in [-0.05, 0) is 50.1 Å². The van der Waals surface area contributed by atoms with Crippen molar-refractivity contribution in [1.29, 1.82) is 0 Å². The first-order valence-electron chi connectivity index (χ1n) is 9.16. The highest BCUT2D eigenvalue weighted by atomic mass is 16.4. The Hall–Kier alpha value is -1.14. The molecule has 2 saturated carbocycles. The van der Waals surface area contributed by atoms with Gasteiger partial charge in [-0.2, -0.15) is 0 Å². The fraction of sp³-hybridized carbons (Fsp3) is 0.889. The van der Waals surface area contributed by atoms with Gasteiger partial charge in [-0.1, -0.05) is 38.5 Å². The Kier molecular flexibility index (Phi) is 12.6. The van der Waals surface area contributed by atoms with Crippen LogP contribution in [-0.2, 0) is 9.59 Å². The van der Waals surface area contributed by atoms with Crippen LogP contribution < -0.4 is 11.5 Å². The molecule has 6 N–H and O–H groups in total. The van der Waals surface area contributed by atoms with E-state index >= 15 is 0 Å². The zero-order valence-electron chi connectivity index (χ0n) is 15.1. The van der Waals surface area contributed by atoms with Gasteiger partial charge in [0.15, 0.2) is 0 Å². The monoisotopic (exact) mass is 344 g/mol. The summed E-state index contributed by atoms with van der Waals surface area (Å²) < 4.78 is 0. The molecular weight excluding hydrogens is 308 g/mol.